The van der Waals surface area contributed by atoms with Gasteiger partial charge < -0.3 is 10.2 Å². The molecule has 1 spiro atoms. The molecule has 20 heavy (non-hydrogen) atoms. The minimum atomic E-state index is 0.772. The molecule has 0 aromatic carbocycles. The number of rotatable bonds is 5. The highest BCUT2D eigenvalue weighted by molar-refractivity contribution is 4.95. The van der Waals surface area contributed by atoms with Crippen molar-refractivity contribution in [2.24, 2.45) is 11.3 Å². The monoisotopic (exact) mass is 278 g/mol. The van der Waals surface area contributed by atoms with Gasteiger partial charge in [-0.05, 0) is 82.5 Å². The molecule has 2 atom stereocenters. The Hall–Kier alpha value is -0.0800. The van der Waals surface area contributed by atoms with E-state index in [1.165, 1.54) is 90.4 Å². The molecule has 3 aliphatic rings. The fraction of sp³-hybridized carbons (Fsp3) is 1.00. The van der Waals surface area contributed by atoms with Crippen LogP contribution in [-0.4, -0.2) is 37.1 Å². The van der Waals surface area contributed by atoms with Gasteiger partial charge in [0.2, 0.25) is 0 Å². The van der Waals surface area contributed by atoms with Crippen molar-refractivity contribution in [1.29, 1.82) is 0 Å². The summed E-state index contributed by atoms with van der Waals surface area (Å²) in [5, 5.41) is 3.64. The lowest BCUT2D eigenvalue weighted by molar-refractivity contribution is -0.00461. The van der Waals surface area contributed by atoms with E-state index in [9.17, 15) is 0 Å². The number of likely N-dealkylation sites (tertiary alicyclic amines) is 1. The van der Waals surface area contributed by atoms with E-state index in [-0.39, 0.29) is 0 Å². The Bertz CT molecular complexity index is 286. The van der Waals surface area contributed by atoms with Crippen LogP contribution in [0.5, 0.6) is 0 Å². The Kier molecular flexibility index (Phi) is 5.04. The van der Waals surface area contributed by atoms with Gasteiger partial charge in [-0.3, -0.25) is 0 Å². The standard InChI is InChI=1S/C18H34N2/c1-2-12-19-15-16-6-7-17(16)20-13-10-18(11-14-20)8-4-3-5-9-18/h16-17,19H,2-15H2,1H3. The van der Waals surface area contributed by atoms with Crippen molar-refractivity contribution in [3.05, 3.63) is 0 Å². The summed E-state index contributed by atoms with van der Waals surface area (Å²) in [4.78, 5) is 2.85. The first-order valence-corrected chi connectivity index (χ1v) is 9.28. The number of piperidine rings is 1. The average Bonchev–Trinajstić information content (AvgIpc) is 2.46. The van der Waals surface area contributed by atoms with Crippen LogP contribution in [0.4, 0.5) is 0 Å². The van der Waals surface area contributed by atoms with Crippen LogP contribution in [0.1, 0.15) is 71.1 Å². The summed E-state index contributed by atoms with van der Waals surface area (Å²) in [6.07, 6.45) is 14.8. The van der Waals surface area contributed by atoms with E-state index in [0.29, 0.717) is 0 Å². The van der Waals surface area contributed by atoms with Gasteiger partial charge in [-0.2, -0.15) is 0 Å². The summed E-state index contributed by atoms with van der Waals surface area (Å²) in [6.45, 7) is 7.52. The van der Waals surface area contributed by atoms with Gasteiger partial charge in [-0.25, -0.2) is 0 Å². The Morgan fingerprint density at radius 2 is 1.75 bits per heavy atom. The van der Waals surface area contributed by atoms with Crippen molar-refractivity contribution < 1.29 is 0 Å². The topological polar surface area (TPSA) is 15.3 Å². The minimum absolute atomic E-state index is 0.772. The first kappa shape index (κ1) is 14.8. The van der Waals surface area contributed by atoms with Gasteiger partial charge >= 0.3 is 0 Å². The van der Waals surface area contributed by atoms with Crippen molar-refractivity contribution in [3.63, 3.8) is 0 Å². The first-order chi connectivity index (χ1) is 9.83. The number of nitrogens with one attached hydrogen (secondary N) is 1. The lowest BCUT2D eigenvalue weighted by Gasteiger charge is -2.51. The summed E-state index contributed by atoms with van der Waals surface area (Å²) in [7, 11) is 0. The smallest absolute Gasteiger partial charge is 0.0136 e. The molecule has 1 N–H and O–H groups in total. The third kappa shape index (κ3) is 3.22. The fourth-order valence-corrected chi connectivity index (χ4v) is 4.87. The summed E-state index contributed by atoms with van der Waals surface area (Å²) < 4.78 is 0. The molecule has 1 aliphatic heterocycles. The van der Waals surface area contributed by atoms with Crippen LogP contribution in [0, 0.1) is 11.3 Å². The number of hydrogen-bond acceptors (Lipinski definition) is 2. The second-order valence-corrected chi connectivity index (χ2v) is 7.71. The van der Waals surface area contributed by atoms with Gasteiger partial charge in [0.25, 0.3) is 0 Å². The quantitative estimate of drug-likeness (QED) is 0.769. The van der Waals surface area contributed by atoms with E-state index in [0.717, 1.165) is 17.4 Å². The van der Waals surface area contributed by atoms with Gasteiger partial charge in [0, 0.05) is 6.04 Å². The van der Waals surface area contributed by atoms with Gasteiger partial charge in [-0.15, -0.1) is 0 Å². The zero-order valence-corrected chi connectivity index (χ0v) is 13.5. The summed E-state index contributed by atoms with van der Waals surface area (Å²) in [6, 6.07) is 0.917. The second-order valence-electron chi connectivity index (χ2n) is 7.71. The highest BCUT2D eigenvalue weighted by Gasteiger charge is 2.41. The predicted molar refractivity (Wildman–Crippen MR) is 86.0 cm³/mol. The van der Waals surface area contributed by atoms with Crippen LogP contribution in [-0.2, 0) is 0 Å². The van der Waals surface area contributed by atoms with Gasteiger partial charge in [0.05, 0.1) is 0 Å². The van der Waals surface area contributed by atoms with Crippen LogP contribution < -0.4 is 5.32 Å². The molecule has 2 nitrogen and oxygen atoms in total. The number of hydrogen-bond donors (Lipinski definition) is 1. The lowest BCUT2D eigenvalue weighted by Crippen LogP contribution is -2.54. The minimum Gasteiger partial charge on any atom is -0.316 e. The maximum absolute atomic E-state index is 3.64. The molecule has 1 saturated heterocycles. The highest BCUT2D eigenvalue weighted by atomic mass is 15.2. The Labute approximate surface area is 125 Å². The lowest BCUT2D eigenvalue weighted by atomic mass is 9.67. The predicted octanol–water partition coefficient (Wildman–Crippen LogP) is 3.81. The van der Waals surface area contributed by atoms with Gasteiger partial charge in [0.15, 0.2) is 0 Å². The van der Waals surface area contributed by atoms with Gasteiger partial charge in [-0.1, -0.05) is 26.2 Å². The van der Waals surface area contributed by atoms with Crippen molar-refractivity contribution in [1.82, 2.24) is 10.2 Å². The fourth-order valence-electron chi connectivity index (χ4n) is 4.87. The van der Waals surface area contributed by atoms with Gasteiger partial charge in [0.1, 0.15) is 0 Å². The third-order valence-electron chi connectivity index (χ3n) is 6.45. The molecule has 3 rings (SSSR count). The molecule has 0 bridgehead atoms. The van der Waals surface area contributed by atoms with E-state index in [1.807, 2.05) is 0 Å². The molecule has 0 aromatic rings. The van der Waals surface area contributed by atoms with Crippen LogP contribution in [0.15, 0.2) is 0 Å². The Morgan fingerprint density at radius 3 is 2.35 bits per heavy atom. The maximum atomic E-state index is 3.64. The van der Waals surface area contributed by atoms with Crippen molar-refractivity contribution in [3.8, 4) is 0 Å². The molecule has 1 heterocycles. The van der Waals surface area contributed by atoms with Crippen molar-refractivity contribution >= 4 is 0 Å². The summed E-state index contributed by atoms with van der Waals surface area (Å²) in [5.41, 5.74) is 0.772. The molecule has 2 saturated carbocycles. The van der Waals surface area contributed by atoms with E-state index < -0.39 is 0 Å². The summed E-state index contributed by atoms with van der Waals surface area (Å²) in [5.74, 6) is 0.946. The first-order valence-electron chi connectivity index (χ1n) is 9.28. The number of nitrogens with zero attached hydrogens (tertiary/aromatic N) is 1. The molecule has 3 fully saturated rings. The zero-order chi connectivity index (χ0) is 13.8. The second kappa shape index (κ2) is 6.79. The third-order valence-corrected chi connectivity index (χ3v) is 6.45. The molecular formula is C18H34N2. The van der Waals surface area contributed by atoms with E-state index in [1.54, 1.807) is 0 Å². The molecule has 2 heteroatoms. The maximum Gasteiger partial charge on any atom is 0.0136 e. The van der Waals surface area contributed by atoms with Crippen LogP contribution >= 0.6 is 0 Å². The van der Waals surface area contributed by atoms with Crippen LogP contribution in [0.25, 0.3) is 0 Å². The molecule has 2 unspecified atom stereocenters. The molecule has 2 aliphatic carbocycles. The Morgan fingerprint density at radius 1 is 1.00 bits per heavy atom. The SMILES string of the molecule is CCCNCC1CCC1N1CCC2(CCCCC2)CC1. The Balaban J connectivity index is 1.43. The van der Waals surface area contributed by atoms with Crippen LogP contribution in [0.3, 0.4) is 0 Å². The normalized spacial score (nSPS) is 34.0. The van der Waals surface area contributed by atoms with E-state index in [4.69, 9.17) is 0 Å². The average molecular weight is 278 g/mol. The van der Waals surface area contributed by atoms with E-state index in [2.05, 4.69) is 17.1 Å². The molecule has 116 valence electrons. The molecular weight excluding hydrogens is 244 g/mol. The molecule has 0 radical (unpaired) electrons. The van der Waals surface area contributed by atoms with Crippen LogP contribution in [0.2, 0.25) is 0 Å². The van der Waals surface area contributed by atoms with Crippen molar-refractivity contribution in [2.75, 3.05) is 26.2 Å². The zero-order valence-electron chi connectivity index (χ0n) is 13.5. The summed E-state index contributed by atoms with van der Waals surface area (Å²) >= 11 is 0. The van der Waals surface area contributed by atoms with E-state index >= 15 is 0 Å². The highest BCUT2D eigenvalue weighted by Crippen LogP contribution is 2.46. The van der Waals surface area contributed by atoms with Crippen molar-refractivity contribution in [2.45, 2.75) is 77.2 Å². The largest absolute Gasteiger partial charge is 0.316 e. The molecule has 0 aromatic heterocycles. The molecule has 0 amide bonds.